The van der Waals surface area contributed by atoms with E-state index < -0.39 is 27.7 Å². The van der Waals surface area contributed by atoms with E-state index in [-0.39, 0.29) is 30.7 Å². The molecule has 2 fully saturated rings. The highest BCUT2D eigenvalue weighted by atomic mass is 32.2. The Morgan fingerprint density at radius 1 is 1.12 bits per heavy atom. The maximum absolute atomic E-state index is 12.8. The number of amides is 2. The van der Waals surface area contributed by atoms with Crippen molar-refractivity contribution in [3.05, 3.63) is 0 Å². The van der Waals surface area contributed by atoms with Crippen LogP contribution in [0.25, 0.3) is 0 Å². The third kappa shape index (κ3) is 5.15. The average molecular weight is 375 g/mol. The lowest BCUT2D eigenvalue weighted by molar-refractivity contribution is -0.154. The highest BCUT2D eigenvalue weighted by Crippen LogP contribution is 2.20. The third-order valence-electron chi connectivity index (χ3n) is 5.19. The van der Waals surface area contributed by atoms with Crippen LogP contribution in [0.4, 0.5) is 0 Å². The molecule has 9 heteroatoms. The molecule has 2 saturated heterocycles. The lowest BCUT2D eigenvalue weighted by atomic mass is 10.0. The van der Waals surface area contributed by atoms with Crippen LogP contribution >= 0.6 is 0 Å². The van der Waals surface area contributed by atoms with Crippen LogP contribution in [0.3, 0.4) is 0 Å². The van der Waals surface area contributed by atoms with Gasteiger partial charge in [0.15, 0.2) is 9.84 Å². The second-order valence-corrected chi connectivity index (χ2v) is 9.23. The van der Waals surface area contributed by atoms with Gasteiger partial charge in [-0.3, -0.25) is 9.59 Å². The van der Waals surface area contributed by atoms with Crippen LogP contribution in [0.1, 0.15) is 19.3 Å². The fourth-order valence-electron chi connectivity index (χ4n) is 3.48. The van der Waals surface area contributed by atoms with Crippen LogP contribution in [0.15, 0.2) is 0 Å². The van der Waals surface area contributed by atoms with Crippen molar-refractivity contribution in [1.29, 1.82) is 0 Å². The Kier molecular flexibility index (Phi) is 6.81. The number of carbonyl (C=O) groups excluding carboxylic acids is 2. The monoisotopic (exact) mass is 375 g/mol. The predicted molar refractivity (Wildman–Crippen MR) is 93.9 cm³/mol. The van der Waals surface area contributed by atoms with Crippen molar-refractivity contribution < 1.29 is 22.7 Å². The van der Waals surface area contributed by atoms with Crippen molar-refractivity contribution >= 4 is 21.7 Å². The first-order chi connectivity index (χ1) is 11.7. The van der Waals surface area contributed by atoms with Crippen LogP contribution in [0.5, 0.6) is 0 Å². The topological polar surface area (TPSA) is 87.2 Å². The van der Waals surface area contributed by atoms with E-state index in [2.05, 4.69) is 4.90 Å². The number of hydrogen-bond acceptors (Lipinski definition) is 6. The van der Waals surface area contributed by atoms with Crippen LogP contribution < -0.4 is 0 Å². The molecule has 0 spiro atoms. The molecule has 0 aromatic heterocycles. The van der Waals surface area contributed by atoms with Gasteiger partial charge in [-0.1, -0.05) is 0 Å². The molecule has 8 nitrogen and oxygen atoms in total. The Hall–Kier alpha value is -1.19. The van der Waals surface area contributed by atoms with Gasteiger partial charge in [0.05, 0.1) is 18.1 Å². The molecule has 2 heterocycles. The van der Waals surface area contributed by atoms with Gasteiger partial charge in [-0.05, 0) is 39.4 Å². The quantitative estimate of drug-likeness (QED) is 0.585. The summed E-state index contributed by atoms with van der Waals surface area (Å²) < 4.78 is 28.5. The number of likely N-dealkylation sites (tertiary alicyclic amines) is 1. The molecule has 2 rings (SSSR count). The highest BCUT2D eigenvalue weighted by molar-refractivity contribution is 7.91. The largest absolute Gasteiger partial charge is 0.383 e. The Balaban J connectivity index is 2.05. The lowest BCUT2D eigenvalue weighted by Crippen LogP contribution is -2.53. The molecule has 0 N–H and O–H groups in total. The van der Waals surface area contributed by atoms with Gasteiger partial charge in [-0.2, -0.15) is 0 Å². The van der Waals surface area contributed by atoms with Gasteiger partial charge in [0.25, 0.3) is 0 Å². The second kappa shape index (κ2) is 8.46. The van der Waals surface area contributed by atoms with Gasteiger partial charge < -0.3 is 19.4 Å². The van der Waals surface area contributed by atoms with Crippen molar-refractivity contribution in [1.82, 2.24) is 14.7 Å². The molecule has 0 aromatic carbocycles. The van der Waals surface area contributed by atoms with E-state index in [1.165, 1.54) is 16.9 Å². The molecule has 144 valence electrons. The van der Waals surface area contributed by atoms with Crippen molar-refractivity contribution in [2.24, 2.45) is 0 Å². The minimum Gasteiger partial charge on any atom is -0.383 e. The van der Waals surface area contributed by atoms with E-state index in [4.69, 9.17) is 4.74 Å². The van der Waals surface area contributed by atoms with Crippen LogP contribution in [-0.2, 0) is 24.2 Å². The Morgan fingerprint density at radius 3 is 2.28 bits per heavy atom. The fraction of sp³-hybridized carbons (Fsp3) is 0.875. The van der Waals surface area contributed by atoms with Gasteiger partial charge in [0.2, 0.25) is 0 Å². The molecular formula is C16H29N3O5S. The summed E-state index contributed by atoms with van der Waals surface area (Å²) in [4.78, 5) is 30.6. The number of hydrogen-bond donors (Lipinski definition) is 0. The third-order valence-corrected chi connectivity index (χ3v) is 6.94. The second-order valence-electron chi connectivity index (χ2n) is 7.00. The maximum atomic E-state index is 12.8. The summed E-state index contributed by atoms with van der Waals surface area (Å²) in [6.07, 6.45) is 2.05. The zero-order chi connectivity index (χ0) is 18.6. The molecule has 1 unspecified atom stereocenters. The molecule has 25 heavy (non-hydrogen) atoms. The zero-order valence-corrected chi connectivity index (χ0v) is 16.1. The zero-order valence-electron chi connectivity index (χ0n) is 15.3. The number of sulfone groups is 1. The molecule has 0 radical (unpaired) electrons. The summed E-state index contributed by atoms with van der Waals surface area (Å²) in [5.41, 5.74) is 0. The fourth-order valence-corrected chi connectivity index (χ4v) is 5.21. The molecule has 2 aliphatic heterocycles. The van der Waals surface area contributed by atoms with Crippen molar-refractivity contribution in [3.8, 4) is 0 Å². The highest BCUT2D eigenvalue weighted by Gasteiger charge is 2.38. The van der Waals surface area contributed by atoms with Crippen molar-refractivity contribution in [2.45, 2.75) is 31.3 Å². The van der Waals surface area contributed by atoms with Crippen molar-refractivity contribution in [3.63, 3.8) is 0 Å². The molecule has 0 saturated carbocycles. The molecular weight excluding hydrogens is 346 g/mol. The molecule has 2 amide bonds. The minimum atomic E-state index is -3.14. The molecule has 1 atom stereocenters. The van der Waals surface area contributed by atoms with E-state index in [0.717, 1.165) is 25.9 Å². The van der Waals surface area contributed by atoms with Gasteiger partial charge in [-0.25, -0.2) is 8.42 Å². The Bertz CT molecular complexity index is 587. The van der Waals surface area contributed by atoms with E-state index in [0.29, 0.717) is 6.42 Å². The molecule has 0 bridgehead atoms. The normalized spacial score (nSPS) is 24.2. The smallest absolute Gasteiger partial charge is 0.312 e. The number of carbonyl (C=O) groups is 2. The van der Waals surface area contributed by atoms with Crippen LogP contribution in [0.2, 0.25) is 0 Å². The van der Waals surface area contributed by atoms with Crippen LogP contribution in [0, 0.1) is 0 Å². The number of methoxy groups -OCH3 is 1. The number of likely N-dealkylation sites (N-methyl/N-ethyl adjacent to an activating group) is 1. The first-order valence-corrected chi connectivity index (χ1v) is 10.5. The summed E-state index contributed by atoms with van der Waals surface area (Å²) in [5, 5.41) is 0. The summed E-state index contributed by atoms with van der Waals surface area (Å²) >= 11 is 0. The Morgan fingerprint density at radius 2 is 1.76 bits per heavy atom. The molecule has 0 aromatic rings. The van der Waals surface area contributed by atoms with E-state index in [9.17, 15) is 18.0 Å². The average Bonchev–Trinajstić information content (AvgIpc) is 2.94. The summed E-state index contributed by atoms with van der Waals surface area (Å²) in [6.45, 7) is 2.28. The maximum Gasteiger partial charge on any atom is 0.312 e. The molecule has 2 aliphatic rings. The number of rotatable bonds is 5. The van der Waals surface area contributed by atoms with Gasteiger partial charge in [-0.15, -0.1) is 0 Å². The first-order valence-electron chi connectivity index (χ1n) is 8.71. The van der Waals surface area contributed by atoms with E-state index in [1.807, 2.05) is 7.05 Å². The lowest BCUT2D eigenvalue weighted by Gasteiger charge is -2.36. The minimum absolute atomic E-state index is 0.0456. The van der Waals surface area contributed by atoms with Gasteiger partial charge in [0, 0.05) is 32.8 Å². The van der Waals surface area contributed by atoms with Gasteiger partial charge in [0.1, 0.15) is 0 Å². The SMILES string of the molecule is COCCN(C(=O)C(=O)N(C)C1CCN(C)CC1)C1CCS(=O)(=O)C1. The number of piperidine rings is 1. The molecule has 0 aliphatic carbocycles. The summed E-state index contributed by atoms with van der Waals surface area (Å²) in [7, 11) is 2.08. The van der Waals surface area contributed by atoms with E-state index in [1.54, 1.807) is 7.05 Å². The summed E-state index contributed by atoms with van der Waals surface area (Å²) in [6, 6.07) is -0.397. The predicted octanol–water partition coefficient (Wildman–Crippen LogP) is -0.799. The standard InChI is InChI=1S/C16H29N3O5S/c1-17-7-4-13(5-8-17)18(2)15(20)16(21)19(9-10-24-3)14-6-11-25(22,23)12-14/h13-14H,4-12H2,1-3H3. The number of nitrogens with zero attached hydrogens (tertiary/aromatic N) is 3. The van der Waals surface area contributed by atoms with Gasteiger partial charge >= 0.3 is 11.8 Å². The Labute approximate surface area is 150 Å². The summed E-state index contributed by atoms with van der Waals surface area (Å²) in [5.74, 6) is -1.20. The van der Waals surface area contributed by atoms with E-state index >= 15 is 0 Å². The number of ether oxygens (including phenoxy) is 1. The van der Waals surface area contributed by atoms with Crippen molar-refractivity contribution in [2.75, 3.05) is 59.0 Å². The van der Waals surface area contributed by atoms with Crippen LogP contribution in [-0.4, -0.2) is 106 Å². The first kappa shape index (κ1) is 20.1.